The molecule has 0 unspecified atom stereocenters. The van der Waals surface area contributed by atoms with E-state index in [0.29, 0.717) is 16.4 Å². The van der Waals surface area contributed by atoms with Crippen LogP contribution >= 0.6 is 11.6 Å². The second-order valence-corrected chi connectivity index (χ2v) is 9.46. The minimum absolute atomic E-state index is 0.204. The van der Waals surface area contributed by atoms with E-state index < -0.39 is 15.1 Å². The van der Waals surface area contributed by atoms with Crippen molar-refractivity contribution in [3.63, 3.8) is 0 Å². The molecule has 1 aromatic heterocycles. The number of halogens is 1. The summed E-state index contributed by atoms with van der Waals surface area (Å²) in [6.07, 6.45) is 1.62. The fraction of sp³-hybridized carbons (Fsp3) is 0.0909. The fourth-order valence-electron chi connectivity index (χ4n) is 3.91. The van der Waals surface area contributed by atoms with Crippen molar-refractivity contribution in [3.8, 4) is 16.8 Å². The van der Waals surface area contributed by atoms with Gasteiger partial charge in [-0.25, -0.2) is 13.1 Å². The Kier molecular flexibility index (Phi) is 4.26. The predicted molar refractivity (Wildman–Crippen MR) is 113 cm³/mol. The van der Waals surface area contributed by atoms with E-state index in [1.807, 2.05) is 60.7 Å². The van der Waals surface area contributed by atoms with Crippen molar-refractivity contribution >= 4 is 21.4 Å². The molecular formula is C22H16ClN3O2S. The van der Waals surface area contributed by atoms with Gasteiger partial charge in [0.05, 0.1) is 28.4 Å². The molecule has 0 atom stereocenters. The van der Waals surface area contributed by atoms with Crippen molar-refractivity contribution in [2.75, 3.05) is 0 Å². The van der Waals surface area contributed by atoms with Crippen LogP contribution in [0.4, 0.5) is 0 Å². The lowest BCUT2D eigenvalue weighted by molar-refractivity contribution is 0.588. The number of aromatic nitrogens is 3. The quantitative estimate of drug-likeness (QED) is 0.482. The van der Waals surface area contributed by atoms with Gasteiger partial charge in [0.15, 0.2) is 9.84 Å². The Hall–Kier alpha value is -2.96. The van der Waals surface area contributed by atoms with Gasteiger partial charge in [-0.1, -0.05) is 77.5 Å². The highest BCUT2D eigenvalue weighted by Gasteiger charge is 2.38. The molecular weight excluding hydrogens is 406 g/mol. The molecule has 0 aliphatic heterocycles. The van der Waals surface area contributed by atoms with Crippen LogP contribution in [0.25, 0.3) is 16.8 Å². The summed E-state index contributed by atoms with van der Waals surface area (Å²) in [5, 5.41) is 7.95. The molecule has 29 heavy (non-hydrogen) atoms. The molecule has 0 bridgehead atoms. The maximum atomic E-state index is 13.4. The maximum absolute atomic E-state index is 13.4. The van der Waals surface area contributed by atoms with E-state index in [4.69, 9.17) is 11.6 Å². The Labute approximate surface area is 173 Å². The molecule has 1 heterocycles. The fourth-order valence-corrected chi connectivity index (χ4v) is 6.02. The number of benzene rings is 3. The molecule has 0 saturated carbocycles. The third-order valence-corrected chi connectivity index (χ3v) is 7.37. The van der Waals surface area contributed by atoms with Gasteiger partial charge in [0.2, 0.25) is 0 Å². The first-order valence-electron chi connectivity index (χ1n) is 9.10. The van der Waals surface area contributed by atoms with Crippen molar-refractivity contribution in [1.82, 2.24) is 15.0 Å². The summed E-state index contributed by atoms with van der Waals surface area (Å²) in [6, 6.07) is 22.5. The van der Waals surface area contributed by atoms with Crippen LogP contribution < -0.4 is 0 Å². The summed E-state index contributed by atoms with van der Waals surface area (Å²) in [6.45, 7) is 0. The number of fused-ring (bicyclic) bond motifs is 3. The molecule has 0 spiro atoms. The molecule has 5 rings (SSSR count). The second-order valence-electron chi connectivity index (χ2n) is 6.97. The Morgan fingerprint density at radius 2 is 1.45 bits per heavy atom. The van der Waals surface area contributed by atoms with Crippen LogP contribution in [0.5, 0.6) is 0 Å². The molecule has 3 aromatic carbocycles. The van der Waals surface area contributed by atoms with Crippen molar-refractivity contribution in [1.29, 1.82) is 0 Å². The minimum atomic E-state index is -3.57. The Morgan fingerprint density at radius 1 is 0.862 bits per heavy atom. The van der Waals surface area contributed by atoms with E-state index in [1.54, 1.807) is 18.3 Å². The molecule has 0 radical (unpaired) electrons. The van der Waals surface area contributed by atoms with Gasteiger partial charge in [0, 0.05) is 0 Å². The molecule has 0 N–H and O–H groups in total. The highest BCUT2D eigenvalue weighted by atomic mass is 35.5. The average Bonchev–Trinajstić information content (AvgIpc) is 3.30. The highest BCUT2D eigenvalue weighted by molar-refractivity contribution is 7.91. The SMILES string of the molecule is O=S(=O)(Cc1cn(-c2ccccc2Cl)nn1)C1c2ccccc2-c2ccccc21. The molecule has 0 saturated heterocycles. The normalized spacial score (nSPS) is 13.3. The van der Waals surface area contributed by atoms with Crippen LogP contribution in [0.3, 0.4) is 0 Å². The zero-order valence-electron chi connectivity index (χ0n) is 15.2. The first-order chi connectivity index (χ1) is 14.0. The Bertz CT molecular complexity index is 1290. The Balaban J connectivity index is 1.52. The molecule has 1 aliphatic rings. The van der Waals surface area contributed by atoms with Gasteiger partial charge in [0.25, 0.3) is 0 Å². The molecule has 4 aromatic rings. The molecule has 0 amide bonds. The lowest BCUT2D eigenvalue weighted by atomic mass is 10.1. The van der Waals surface area contributed by atoms with Crippen LogP contribution in [0, 0.1) is 0 Å². The van der Waals surface area contributed by atoms with E-state index in [1.165, 1.54) is 4.68 Å². The molecule has 1 aliphatic carbocycles. The van der Waals surface area contributed by atoms with E-state index in [9.17, 15) is 8.42 Å². The van der Waals surface area contributed by atoms with E-state index in [2.05, 4.69) is 10.3 Å². The third kappa shape index (κ3) is 3.05. The van der Waals surface area contributed by atoms with E-state index in [0.717, 1.165) is 22.3 Å². The number of sulfone groups is 1. The number of para-hydroxylation sites is 1. The van der Waals surface area contributed by atoms with Gasteiger partial charge in [-0.2, -0.15) is 0 Å². The van der Waals surface area contributed by atoms with Gasteiger partial charge in [-0.15, -0.1) is 5.10 Å². The summed E-state index contributed by atoms with van der Waals surface area (Å²) in [5.74, 6) is -0.204. The Morgan fingerprint density at radius 3 is 2.10 bits per heavy atom. The minimum Gasteiger partial charge on any atom is -0.227 e. The second kappa shape index (κ2) is 6.83. The van der Waals surface area contributed by atoms with Gasteiger partial charge in [-0.05, 0) is 34.4 Å². The van der Waals surface area contributed by atoms with Gasteiger partial charge < -0.3 is 0 Å². The van der Waals surface area contributed by atoms with Crippen molar-refractivity contribution in [3.05, 3.63) is 101 Å². The third-order valence-electron chi connectivity index (χ3n) is 5.12. The van der Waals surface area contributed by atoms with Crippen LogP contribution in [0.1, 0.15) is 22.1 Å². The smallest absolute Gasteiger partial charge is 0.167 e. The number of hydrogen-bond donors (Lipinski definition) is 0. The zero-order valence-corrected chi connectivity index (χ0v) is 16.8. The van der Waals surface area contributed by atoms with Crippen molar-refractivity contribution < 1.29 is 8.42 Å². The van der Waals surface area contributed by atoms with Gasteiger partial charge in [0.1, 0.15) is 5.25 Å². The van der Waals surface area contributed by atoms with Crippen LogP contribution in [0.2, 0.25) is 5.02 Å². The van der Waals surface area contributed by atoms with E-state index in [-0.39, 0.29) is 5.75 Å². The first kappa shape index (κ1) is 18.1. The average molecular weight is 422 g/mol. The summed E-state index contributed by atoms with van der Waals surface area (Å²) in [4.78, 5) is 0. The molecule has 0 fully saturated rings. The standard InChI is InChI=1S/C22H16ClN3O2S/c23-20-11-5-6-12-21(20)26-13-15(24-25-26)14-29(27,28)22-18-9-3-1-7-16(18)17-8-2-4-10-19(17)22/h1-13,22H,14H2. The van der Waals surface area contributed by atoms with Gasteiger partial charge >= 0.3 is 0 Å². The van der Waals surface area contributed by atoms with E-state index >= 15 is 0 Å². The largest absolute Gasteiger partial charge is 0.227 e. The number of rotatable bonds is 4. The lowest BCUT2D eigenvalue weighted by Gasteiger charge is -2.14. The summed E-state index contributed by atoms with van der Waals surface area (Å²) in [7, 11) is -3.57. The van der Waals surface area contributed by atoms with Crippen LogP contribution in [-0.4, -0.2) is 23.4 Å². The monoisotopic (exact) mass is 421 g/mol. The zero-order chi connectivity index (χ0) is 20.0. The lowest BCUT2D eigenvalue weighted by Crippen LogP contribution is -2.15. The molecule has 5 nitrogen and oxygen atoms in total. The topological polar surface area (TPSA) is 64.8 Å². The maximum Gasteiger partial charge on any atom is 0.167 e. The van der Waals surface area contributed by atoms with Crippen LogP contribution in [0.15, 0.2) is 79.0 Å². The predicted octanol–water partition coefficient (Wildman–Crippen LogP) is 4.61. The summed E-state index contributed by atoms with van der Waals surface area (Å²) < 4.78 is 28.4. The number of hydrogen-bond acceptors (Lipinski definition) is 4. The highest BCUT2D eigenvalue weighted by Crippen LogP contribution is 2.47. The van der Waals surface area contributed by atoms with Gasteiger partial charge in [-0.3, -0.25) is 0 Å². The van der Waals surface area contributed by atoms with Crippen molar-refractivity contribution in [2.45, 2.75) is 11.0 Å². The number of nitrogens with zero attached hydrogens (tertiary/aromatic N) is 3. The molecule has 7 heteroatoms. The first-order valence-corrected chi connectivity index (χ1v) is 11.2. The van der Waals surface area contributed by atoms with Crippen LogP contribution in [-0.2, 0) is 15.6 Å². The molecule has 144 valence electrons. The van der Waals surface area contributed by atoms with Crippen molar-refractivity contribution in [2.24, 2.45) is 0 Å². The summed E-state index contributed by atoms with van der Waals surface area (Å²) >= 11 is 6.21. The summed E-state index contributed by atoms with van der Waals surface area (Å²) in [5.41, 5.74) is 4.60.